The van der Waals surface area contributed by atoms with Gasteiger partial charge in [-0.2, -0.15) is 0 Å². The minimum atomic E-state index is -1.15. The number of esters is 1. The summed E-state index contributed by atoms with van der Waals surface area (Å²) in [5, 5.41) is 13.0. The zero-order valence-corrected chi connectivity index (χ0v) is 22.1. The van der Waals surface area contributed by atoms with Crippen LogP contribution in [0.2, 0.25) is 0 Å². The van der Waals surface area contributed by atoms with Crippen LogP contribution < -0.4 is 5.32 Å². The molecule has 1 aromatic rings. The van der Waals surface area contributed by atoms with E-state index in [9.17, 15) is 24.3 Å². The lowest BCUT2D eigenvalue weighted by atomic mass is 10.1. The average Bonchev–Trinajstić information content (AvgIpc) is 3.08. The van der Waals surface area contributed by atoms with E-state index in [1.54, 1.807) is 27.7 Å². The molecule has 2 aliphatic heterocycles. The number of fused-ring (bicyclic) bond motifs is 1. The molecule has 36 heavy (non-hydrogen) atoms. The summed E-state index contributed by atoms with van der Waals surface area (Å²) in [4.78, 5) is 54.2. The highest BCUT2D eigenvalue weighted by molar-refractivity contribution is 7.99. The number of rotatable bonds is 6. The van der Waals surface area contributed by atoms with E-state index in [0.717, 1.165) is 5.56 Å². The maximum Gasteiger partial charge on any atom is 0.410 e. The zero-order chi connectivity index (χ0) is 26.6. The lowest BCUT2D eigenvalue weighted by Gasteiger charge is -2.31. The standard InChI is InChI=1S/C25H35N3O7S/c1-15(27(5)24(33)35-25(2,3)4)21(30)26-17-11-12-36-19-13-18(29)20(28(19)22(17)31)23(32)34-14-16-9-7-6-8-10-16/h6-10,15,17-20,29H,11-14H2,1-5H3,(H,26,30)/t15-,17-,18-,19-,20-/m0/s1. The molecular weight excluding hydrogens is 486 g/mol. The highest BCUT2D eigenvalue weighted by Crippen LogP contribution is 2.36. The third-order valence-corrected chi connectivity index (χ3v) is 7.39. The predicted molar refractivity (Wildman–Crippen MR) is 134 cm³/mol. The number of hydrogen-bond donors (Lipinski definition) is 2. The number of carbonyl (C=O) groups excluding carboxylic acids is 4. The molecule has 11 heteroatoms. The molecule has 0 bridgehead atoms. The van der Waals surface area contributed by atoms with Gasteiger partial charge in [0.1, 0.15) is 24.3 Å². The Labute approximate surface area is 215 Å². The van der Waals surface area contributed by atoms with Crippen molar-refractivity contribution >= 4 is 35.6 Å². The molecule has 198 valence electrons. The Morgan fingerprint density at radius 2 is 1.92 bits per heavy atom. The van der Waals surface area contributed by atoms with E-state index < -0.39 is 59.1 Å². The Bertz CT molecular complexity index is 968. The molecule has 0 saturated carbocycles. The van der Waals surface area contributed by atoms with E-state index in [4.69, 9.17) is 9.47 Å². The van der Waals surface area contributed by atoms with Crippen LogP contribution >= 0.6 is 11.8 Å². The van der Waals surface area contributed by atoms with Crippen molar-refractivity contribution < 1.29 is 33.8 Å². The first-order valence-electron chi connectivity index (χ1n) is 12.0. The number of nitrogens with zero attached hydrogens (tertiary/aromatic N) is 2. The third-order valence-electron chi connectivity index (χ3n) is 6.11. The summed E-state index contributed by atoms with van der Waals surface area (Å²) in [5.74, 6) is -1.11. The van der Waals surface area contributed by atoms with E-state index in [1.807, 2.05) is 30.3 Å². The van der Waals surface area contributed by atoms with Crippen LogP contribution in [0.5, 0.6) is 0 Å². The monoisotopic (exact) mass is 521 g/mol. The number of likely N-dealkylation sites (N-methyl/N-ethyl adjacent to an activating group) is 1. The van der Waals surface area contributed by atoms with Crippen LogP contribution in [-0.4, -0.2) is 86.8 Å². The molecule has 2 N–H and O–H groups in total. The Balaban J connectivity index is 1.67. The molecule has 2 fully saturated rings. The summed E-state index contributed by atoms with van der Waals surface area (Å²) in [6.07, 6.45) is -1.13. The van der Waals surface area contributed by atoms with E-state index >= 15 is 0 Å². The Kier molecular flexibility index (Phi) is 8.89. The van der Waals surface area contributed by atoms with Crippen LogP contribution in [0.4, 0.5) is 4.79 Å². The normalized spacial score (nSPS) is 24.8. The van der Waals surface area contributed by atoms with Crippen molar-refractivity contribution in [1.82, 2.24) is 15.1 Å². The second-order valence-electron chi connectivity index (χ2n) is 10.0. The summed E-state index contributed by atoms with van der Waals surface area (Å²) in [7, 11) is 1.45. The van der Waals surface area contributed by atoms with Crippen LogP contribution in [0.15, 0.2) is 30.3 Å². The SMILES string of the molecule is C[C@@H](C(=O)N[C@H]1CCS[C@H]2C[C@H](O)[C@@H](C(=O)OCc3ccccc3)N2C1=O)N(C)C(=O)OC(C)(C)C. The molecule has 5 atom stereocenters. The second kappa shape index (κ2) is 11.5. The predicted octanol–water partition coefficient (Wildman–Crippen LogP) is 1.89. The number of nitrogens with one attached hydrogen (secondary N) is 1. The van der Waals surface area contributed by atoms with E-state index in [1.165, 1.54) is 28.6 Å². The summed E-state index contributed by atoms with van der Waals surface area (Å²) < 4.78 is 10.7. The van der Waals surface area contributed by atoms with Gasteiger partial charge in [-0.25, -0.2) is 9.59 Å². The van der Waals surface area contributed by atoms with Crippen molar-refractivity contribution in [2.45, 2.75) is 82.3 Å². The Hall–Kier alpha value is -2.79. The summed E-state index contributed by atoms with van der Waals surface area (Å²) >= 11 is 1.46. The first-order chi connectivity index (χ1) is 16.9. The largest absolute Gasteiger partial charge is 0.459 e. The highest BCUT2D eigenvalue weighted by atomic mass is 32.2. The first kappa shape index (κ1) is 27.8. The fraction of sp³-hybridized carbons (Fsp3) is 0.600. The molecule has 10 nitrogen and oxygen atoms in total. The summed E-state index contributed by atoms with van der Waals surface area (Å²) in [6, 6.07) is 6.18. The van der Waals surface area contributed by atoms with Crippen LogP contribution in [0, 0.1) is 0 Å². The van der Waals surface area contributed by atoms with Gasteiger partial charge in [-0.05, 0) is 45.4 Å². The van der Waals surface area contributed by atoms with Crippen LogP contribution in [-0.2, 0) is 30.5 Å². The van der Waals surface area contributed by atoms with Gasteiger partial charge < -0.3 is 24.8 Å². The fourth-order valence-electron chi connectivity index (χ4n) is 4.05. The first-order valence-corrected chi connectivity index (χ1v) is 13.0. The number of benzene rings is 1. The number of amides is 3. The van der Waals surface area contributed by atoms with Crippen molar-refractivity contribution in [2.24, 2.45) is 0 Å². The van der Waals surface area contributed by atoms with Crippen molar-refractivity contribution in [3.8, 4) is 0 Å². The molecule has 1 aromatic carbocycles. The van der Waals surface area contributed by atoms with Gasteiger partial charge in [0.15, 0.2) is 6.04 Å². The number of ether oxygens (including phenoxy) is 2. The zero-order valence-electron chi connectivity index (χ0n) is 21.3. The third kappa shape index (κ3) is 6.70. The number of carbonyl (C=O) groups is 4. The Morgan fingerprint density at radius 3 is 2.56 bits per heavy atom. The Morgan fingerprint density at radius 1 is 1.25 bits per heavy atom. The van der Waals surface area contributed by atoms with Crippen molar-refractivity contribution in [3.05, 3.63) is 35.9 Å². The van der Waals surface area contributed by atoms with Gasteiger partial charge in [-0.15, -0.1) is 11.8 Å². The minimum Gasteiger partial charge on any atom is -0.459 e. The average molecular weight is 522 g/mol. The fourth-order valence-corrected chi connectivity index (χ4v) is 5.42. The van der Waals surface area contributed by atoms with Crippen LogP contribution in [0.25, 0.3) is 0 Å². The molecule has 0 spiro atoms. The molecule has 3 amide bonds. The molecule has 0 aliphatic carbocycles. The van der Waals surface area contributed by atoms with Gasteiger partial charge in [-0.1, -0.05) is 30.3 Å². The minimum absolute atomic E-state index is 0.0252. The van der Waals surface area contributed by atoms with E-state index in [0.29, 0.717) is 12.2 Å². The van der Waals surface area contributed by atoms with Crippen LogP contribution in [0.1, 0.15) is 46.1 Å². The van der Waals surface area contributed by atoms with Gasteiger partial charge >= 0.3 is 12.1 Å². The van der Waals surface area contributed by atoms with Gasteiger partial charge in [0.05, 0.1) is 11.5 Å². The smallest absolute Gasteiger partial charge is 0.410 e. The van der Waals surface area contributed by atoms with Crippen molar-refractivity contribution in [3.63, 3.8) is 0 Å². The second-order valence-corrected chi connectivity index (χ2v) is 11.3. The molecule has 3 rings (SSSR count). The quantitative estimate of drug-likeness (QED) is 0.544. The van der Waals surface area contributed by atoms with E-state index in [2.05, 4.69) is 5.32 Å². The van der Waals surface area contributed by atoms with Crippen LogP contribution in [0.3, 0.4) is 0 Å². The lowest BCUT2D eigenvalue weighted by Crippen LogP contribution is -2.57. The van der Waals surface area contributed by atoms with E-state index in [-0.39, 0.29) is 13.0 Å². The molecule has 0 unspecified atom stereocenters. The number of aliphatic hydroxyl groups excluding tert-OH is 1. The number of thioether (sulfide) groups is 1. The highest BCUT2D eigenvalue weighted by Gasteiger charge is 2.51. The van der Waals surface area contributed by atoms with Gasteiger partial charge in [-0.3, -0.25) is 14.5 Å². The number of aliphatic hydroxyl groups is 1. The molecular formula is C25H35N3O7S. The van der Waals surface area contributed by atoms with Gasteiger partial charge in [0, 0.05) is 13.5 Å². The maximum atomic E-state index is 13.5. The lowest BCUT2D eigenvalue weighted by molar-refractivity contribution is -0.158. The molecule has 0 radical (unpaired) electrons. The van der Waals surface area contributed by atoms with Gasteiger partial charge in [0.25, 0.3) is 0 Å². The molecule has 0 aromatic heterocycles. The summed E-state index contributed by atoms with van der Waals surface area (Å²) in [6.45, 7) is 6.76. The molecule has 2 saturated heterocycles. The molecule has 2 aliphatic rings. The topological polar surface area (TPSA) is 125 Å². The number of hydrogen-bond acceptors (Lipinski definition) is 8. The van der Waals surface area contributed by atoms with Gasteiger partial charge in [0.2, 0.25) is 11.8 Å². The summed E-state index contributed by atoms with van der Waals surface area (Å²) in [5.41, 5.74) is 0.0749. The maximum absolute atomic E-state index is 13.5. The molecule has 2 heterocycles. The van der Waals surface area contributed by atoms with Crippen molar-refractivity contribution in [2.75, 3.05) is 12.8 Å². The van der Waals surface area contributed by atoms with Crippen molar-refractivity contribution in [1.29, 1.82) is 0 Å².